The molecule has 0 fully saturated rings. The lowest BCUT2D eigenvalue weighted by molar-refractivity contribution is 0.978. The maximum Gasteiger partial charge on any atom is 0.199 e. The lowest BCUT2D eigenvalue weighted by Gasteiger charge is -2.10. The molecular formula is C32H22N4S2. The van der Waals surface area contributed by atoms with Gasteiger partial charge in [-0.3, -0.25) is 0 Å². The Labute approximate surface area is 229 Å². The average molecular weight is 527 g/mol. The van der Waals surface area contributed by atoms with Crippen molar-refractivity contribution in [1.82, 2.24) is 19.9 Å². The Balaban J connectivity index is 1.37. The Morgan fingerprint density at radius 3 is 0.789 bits per heavy atom. The van der Waals surface area contributed by atoms with Gasteiger partial charge in [0.15, 0.2) is 10.3 Å². The van der Waals surface area contributed by atoms with Gasteiger partial charge in [-0.15, -0.1) is 0 Å². The van der Waals surface area contributed by atoms with Crippen LogP contribution in [0.2, 0.25) is 0 Å². The number of hydrogen-bond acceptors (Lipinski definition) is 6. The molecule has 4 nitrogen and oxygen atoms in total. The molecule has 0 unspecified atom stereocenters. The first-order valence-electron chi connectivity index (χ1n) is 12.2. The fraction of sp³-hybridized carbons (Fsp3) is 0. The van der Waals surface area contributed by atoms with Crippen LogP contribution in [0.5, 0.6) is 0 Å². The van der Waals surface area contributed by atoms with E-state index < -0.39 is 0 Å². The first-order valence-corrected chi connectivity index (χ1v) is 14.3. The lowest BCUT2D eigenvalue weighted by Crippen LogP contribution is -1.95. The summed E-state index contributed by atoms with van der Waals surface area (Å²) in [5.41, 5.74) is 7.72. The Hall–Kier alpha value is -4.26. The summed E-state index contributed by atoms with van der Waals surface area (Å²) in [5, 5.41) is 1.32. The number of aromatic nitrogens is 4. The van der Waals surface area contributed by atoms with Crippen molar-refractivity contribution in [3.63, 3.8) is 0 Å². The second kappa shape index (κ2) is 11.4. The van der Waals surface area contributed by atoms with Gasteiger partial charge in [0.1, 0.15) is 0 Å². The first kappa shape index (κ1) is 24.1. The van der Waals surface area contributed by atoms with Gasteiger partial charge in [0.2, 0.25) is 0 Å². The van der Waals surface area contributed by atoms with Gasteiger partial charge in [-0.1, -0.05) is 121 Å². The van der Waals surface area contributed by atoms with E-state index in [1.54, 1.807) is 0 Å². The minimum absolute atomic E-state index is 0.658. The largest absolute Gasteiger partial charge is 0.222 e. The highest BCUT2D eigenvalue weighted by Gasteiger charge is 2.13. The van der Waals surface area contributed by atoms with E-state index in [0.717, 1.165) is 45.0 Å². The van der Waals surface area contributed by atoms with E-state index >= 15 is 0 Å². The molecule has 0 amide bonds. The van der Waals surface area contributed by atoms with E-state index in [4.69, 9.17) is 19.9 Å². The molecule has 2 heterocycles. The van der Waals surface area contributed by atoms with Gasteiger partial charge in [0.25, 0.3) is 0 Å². The van der Waals surface area contributed by atoms with E-state index in [2.05, 4.69) is 48.5 Å². The summed E-state index contributed by atoms with van der Waals surface area (Å²) in [4.78, 5) is 19.5. The van der Waals surface area contributed by atoms with E-state index in [0.29, 0.717) is 10.3 Å². The highest BCUT2D eigenvalue weighted by molar-refractivity contribution is 8.76. The highest BCUT2D eigenvalue weighted by atomic mass is 33.1. The third kappa shape index (κ3) is 5.67. The quantitative estimate of drug-likeness (QED) is 0.153. The number of benzene rings is 4. The third-order valence-corrected chi connectivity index (χ3v) is 7.77. The smallest absolute Gasteiger partial charge is 0.199 e. The van der Waals surface area contributed by atoms with Crippen molar-refractivity contribution in [2.45, 2.75) is 10.3 Å². The predicted molar refractivity (Wildman–Crippen MR) is 158 cm³/mol. The summed E-state index contributed by atoms with van der Waals surface area (Å²) in [7, 11) is 2.94. The van der Waals surface area contributed by atoms with Crippen LogP contribution >= 0.6 is 21.6 Å². The maximum atomic E-state index is 4.88. The molecule has 0 radical (unpaired) electrons. The molecule has 0 spiro atoms. The summed E-state index contributed by atoms with van der Waals surface area (Å²) < 4.78 is 0. The molecule has 0 aliphatic rings. The van der Waals surface area contributed by atoms with E-state index in [1.165, 1.54) is 21.6 Å². The van der Waals surface area contributed by atoms with E-state index in [1.807, 2.05) is 84.9 Å². The summed E-state index contributed by atoms with van der Waals surface area (Å²) >= 11 is 0. The van der Waals surface area contributed by atoms with Crippen molar-refractivity contribution in [1.29, 1.82) is 0 Å². The number of rotatable bonds is 7. The van der Waals surface area contributed by atoms with Crippen LogP contribution in [0.3, 0.4) is 0 Å². The minimum atomic E-state index is 0.658. The lowest BCUT2D eigenvalue weighted by atomic mass is 10.1. The van der Waals surface area contributed by atoms with Crippen LogP contribution in [0.4, 0.5) is 0 Å². The van der Waals surface area contributed by atoms with Gasteiger partial charge in [0, 0.05) is 22.3 Å². The summed E-state index contributed by atoms with van der Waals surface area (Å²) in [6, 6.07) is 44.8. The molecule has 38 heavy (non-hydrogen) atoms. The molecule has 2 aromatic heterocycles. The Morgan fingerprint density at radius 2 is 0.553 bits per heavy atom. The molecular weight excluding hydrogens is 505 g/mol. The molecule has 0 N–H and O–H groups in total. The molecule has 0 aliphatic heterocycles. The summed E-state index contributed by atoms with van der Waals surface area (Å²) in [5.74, 6) is 0. The van der Waals surface area contributed by atoms with E-state index in [-0.39, 0.29) is 0 Å². The summed E-state index contributed by atoms with van der Waals surface area (Å²) in [6.07, 6.45) is 0. The van der Waals surface area contributed by atoms with Gasteiger partial charge in [-0.05, 0) is 33.7 Å². The van der Waals surface area contributed by atoms with Gasteiger partial charge in [0.05, 0.1) is 22.8 Å². The molecule has 0 aliphatic carbocycles. The predicted octanol–water partition coefficient (Wildman–Crippen LogP) is 8.73. The average Bonchev–Trinajstić information content (AvgIpc) is 3.01. The topological polar surface area (TPSA) is 51.6 Å². The van der Waals surface area contributed by atoms with Crippen LogP contribution in [0.25, 0.3) is 45.0 Å². The van der Waals surface area contributed by atoms with Crippen molar-refractivity contribution in [3.8, 4) is 45.0 Å². The molecule has 6 aromatic rings. The molecule has 0 atom stereocenters. The van der Waals surface area contributed by atoms with Crippen molar-refractivity contribution < 1.29 is 0 Å². The number of nitrogens with zero attached hydrogens (tertiary/aromatic N) is 4. The van der Waals surface area contributed by atoms with Crippen LogP contribution in [0.1, 0.15) is 0 Å². The molecule has 0 saturated heterocycles. The van der Waals surface area contributed by atoms with Crippen LogP contribution < -0.4 is 0 Å². The third-order valence-electron chi connectivity index (χ3n) is 5.88. The second-order valence-electron chi connectivity index (χ2n) is 8.47. The van der Waals surface area contributed by atoms with E-state index in [9.17, 15) is 0 Å². The van der Waals surface area contributed by atoms with Crippen molar-refractivity contribution >= 4 is 21.6 Å². The second-order valence-corrected chi connectivity index (χ2v) is 10.5. The number of hydrogen-bond donors (Lipinski definition) is 0. The minimum Gasteiger partial charge on any atom is -0.222 e. The van der Waals surface area contributed by atoms with Crippen LogP contribution in [0.15, 0.2) is 144 Å². The zero-order chi connectivity index (χ0) is 25.6. The van der Waals surface area contributed by atoms with Gasteiger partial charge in [-0.25, -0.2) is 19.9 Å². The standard InChI is InChI=1S/C32H22N4S2/c1-5-13-23(14-6-1)27-21-28(24-15-7-2-8-16-24)34-31(33-27)37-38-32-35-29(25-17-9-3-10-18-25)22-30(36-32)26-19-11-4-12-20-26/h1-22H. The molecule has 0 saturated carbocycles. The summed E-state index contributed by atoms with van der Waals surface area (Å²) in [6.45, 7) is 0. The Bertz CT molecular complexity index is 1400. The van der Waals surface area contributed by atoms with Crippen molar-refractivity contribution in [2.24, 2.45) is 0 Å². The highest BCUT2D eigenvalue weighted by Crippen LogP contribution is 2.37. The molecule has 6 rings (SSSR count). The normalized spacial score (nSPS) is 10.8. The first-order chi connectivity index (χ1) is 18.8. The van der Waals surface area contributed by atoms with Crippen molar-refractivity contribution in [2.75, 3.05) is 0 Å². The monoisotopic (exact) mass is 526 g/mol. The van der Waals surface area contributed by atoms with Crippen LogP contribution in [0, 0.1) is 0 Å². The Kier molecular flexibility index (Phi) is 7.24. The van der Waals surface area contributed by atoms with Crippen LogP contribution in [-0.4, -0.2) is 19.9 Å². The zero-order valence-electron chi connectivity index (χ0n) is 20.3. The molecule has 4 aromatic carbocycles. The van der Waals surface area contributed by atoms with Crippen LogP contribution in [-0.2, 0) is 0 Å². The fourth-order valence-corrected chi connectivity index (χ4v) is 5.61. The molecule has 0 bridgehead atoms. The maximum absolute atomic E-state index is 4.88. The SMILES string of the molecule is c1ccc(-c2cc(-c3ccccc3)nc(SSc3nc(-c4ccccc4)cc(-c4ccccc4)n3)n2)cc1. The zero-order valence-corrected chi connectivity index (χ0v) is 21.9. The van der Waals surface area contributed by atoms with Gasteiger partial charge < -0.3 is 0 Å². The van der Waals surface area contributed by atoms with Gasteiger partial charge in [-0.2, -0.15) is 0 Å². The molecule has 6 heteroatoms. The Morgan fingerprint density at radius 1 is 0.316 bits per heavy atom. The molecule has 182 valence electrons. The van der Waals surface area contributed by atoms with Gasteiger partial charge >= 0.3 is 0 Å². The van der Waals surface area contributed by atoms with Crippen molar-refractivity contribution in [3.05, 3.63) is 133 Å². The fourth-order valence-electron chi connectivity index (χ4n) is 4.03.